The van der Waals surface area contributed by atoms with Gasteiger partial charge in [-0.2, -0.15) is 0 Å². The quantitative estimate of drug-likeness (QED) is 0.435. The van der Waals surface area contributed by atoms with Crippen molar-refractivity contribution in [2.45, 2.75) is 64.2 Å². The Labute approximate surface area is 177 Å². The summed E-state index contributed by atoms with van der Waals surface area (Å²) in [4.78, 5) is 0. The van der Waals surface area contributed by atoms with Crippen LogP contribution in [0.5, 0.6) is 5.75 Å². The molecule has 4 atom stereocenters. The zero-order chi connectivity index (χ0) is 21.3. The fraction of sp³-hybridized carbons (Fsp3) is 0.538. The van der Waals surface area contributed by atoms with E-state index in [0.717, 1.165) is 31.6 Å². The second kappa shape index (κ2) is 9.03. The summed E-state index contributed by atoms with van der Waals surface area (Å²) < 4.78 is 50.5. The number of hydrogen-bond donors (Lipinski definition) is 0. The maximum Gasteiger partial charge on any atom is 0.140 e. The van der Waals surface area contributed by atoms with Gasteiger partial charge in [0.2, 0.25) is 0 Å². The van der Waals surface area contributed by atoms with Gasteiger partial charge in [0.05, 0.1) is 5.39 Å². The summed E-state index contributed by atoms with van der Waals surface area (Å²) in [5, 5.41) is 0.0627. The van der Waals surface area contributed by atoms with Crippen LogP contribution in [0.25, 0.3) is 10.8 Å². The molecule has 0 radical (unpaired) electrons. The molecule has 2 saturated carbocycles. The van der Waals surface area contributed by atoms with E-state index in [0.29, 0.717) is 11.8 Å². The molecule has 2 aromatic rings. The fourth-order valence-electron chi connectivity index (χ4n) is 5.93. The summed E-state index contributed by atoms with van der Waals surface area (Å²) in [5.74, 6) is 0.0902. The maximum atomic E-state index is 15.4. The van der Waals surface area contributed by atoms with Crippen LogP contribution in [0.3, 0.4) is 0 Å². The Hall–Kier alpha value is -1.97. The topological polar surface area (TPSA) is 9.23 Å². The van der Waals surface area contributed by atoms with E-state index in [2.05, 4.69) is 13.5 Å². The van der Waals surface area contributed by atoms with E-state index < -0.39 is 17.5 Å². The Morgan fingerprint density at radius 2 is 1.77 bits per heavy atom. The highest BCUT2D eigenvalue weighted by Gasteiger charge is 2.37. The average Bonchev–Trinajstić information content (AvgIpc) is 2.72. The highest BCUT2D eigenvalue weighted by Crippen LogP contribution is 2.49. The van der Waals surface area contributed by atoms with Gasteiger partial charge >= 0.3 is 0 Å². The molecular formula is C26H31F3O. The molecule has 0 N–H and O–H groups in total. The van der Waals surface area contributed by atoms with Gasteiger partial charge in [0.1, 0.15) is 29.8 Å². The van der Waals surface area contributed by atoms with Crippen molar-refractivity contribution in [3.8, 4) is 5.75 Å². The molecule has 2 aliphatic carbocycles. The number of ether oxygens (including phenoxy) is 1. The zero-order valence-corrected chi connectivity index (χ0v) is 17.7. The van der Waals surface area contributed by atoms with E-state index in [4.69, 9.17) is 4.74 Å². The lowest BCUT2D eigenvalue weighted by Gasteiger charge is -2.42. The van der Waals surface area contributed by atoms with Crippen molar-refractivity contribution in [3.05, 3.63) is 53.9 Å². The summed E-state index contributed by atoms with van der Waals surface area (Å²) in [5.41, 5.74) is 0.0790. The number of halogens is 3. The standard InChI is InChI=1S/C26H31F3O/c1-3-5-16-6-7-18-12-19(9-8-17(18)11-16)24-22(27)14-20-13-21(30-10-4-2)15-23(28)25(20)26(24)29/h4,13-19H,2-3,5-12H2,1H3/t16?,17-,18?,19-/m1/s1. The van der Waals surface area contributed by atoms with Gasteiger partial charge in [-0.15, -0.1) is 0 Å². The first-order valence-electron chi connectivity index (χ1n) is 11.4. The highest BCUT2D eigenvalue weighted by molar-refractivity contribution is 5.86. The van der Waals surface area contributed by atoms with Crippen molar-refractivity contribution in [2.75, 3.05) is 6.61 Å². The summed E-state index contributed by atoms with van der Waals surface area (Å²) in [6.45, 7) is 6.00. The van der Waals surface area contributed by atoms with Gasteiger partial charge in [-0.05, 0) is 73.3 Å². The third kappa shape index (κ3) is 4.10. The first-order valence-corrected chi connectivity index (χ1v) is 11.4. The van der Waals surface area contributed by atoms with Crippen molar-refractivity contribution < 1.29 is 17.9 Å². The minimum Gasteiger partial charge on any atom is -0.489 e. The lowest BCUT2D eigenvalue weighted by molar-refractivity contribution is 0.112. The molecular weight excluding hydrogens is 385 g/mol. The number of benzene rings is 2. The molecule has 1 nitrogen and oxygen atoms in total. The first kappa shape index (κ1) is 21.3. The Morgan fingerprint density at radius 1 is 1.00 bits per heavy atom. The molecule has 0 amide bonds. The predicted molar refractivity (Wildman–Crippen MR) is 115 cm³/mol. The Morgan fingerprint density at radius 3 is 2.53 bits per heavy atom. The second-order valence-corrected chi connectivity index (χ2v) is 9.19. The van der Waals surface area contributed by atoms with Gasteiger partial charge in [-0.3, -0.25) is 0 Å². The minimum absolute atomic E-state index is 0.0790. The molecule has 30 heavy (non-hydrogen) atoms. The van der Waals surface area contributed by atoms with Gasteiger partial charge in [0.25, 0.3) is 0 Å². The number of rotatable bonds is 6. The SMILES string of the molecule is C=CCOc1cc(F)c2c(F)c([C@@H]3CC[C@@H]4CC(CCC)CCC4C3)c(F)cc2c1. The summed E-state index contributed by atoms with van der Waals surface area (Å²) in [6.07, 6.45) is 10.3. The van der Waals surface area contributed by atoms with Gasteiger partial charge in [0, 0.05) is 11.6 Å². The van der Waals surface area contributed by atoms with Crippen molar-refractivity contribution in [1.82, 2.24) is 0 Å². The minimum atomic E-state index is -0.735. The van der Waals surface area contributed by atoms with E-state index in [-0.39, 0.29) is 34.6 Å². The molecule has 0 spiro atoms. The van der Waals surface area contributed by atoms with Crippen LogP contribution in [0, 0.1) is 35.2 Å². The van der Waals surface area contributed by atoms with E-state index in [1.165, 1.54) is 43.9 Å². The fourth-order valence-corrected chi connectivity index (χ4v) is 5.93. The Bertz CT molecular complexity index is 922. The van der Waals surface area contributed by atoms with Gasteiger partial charge < -0.3 is 4.74 Å². The van der Waals surface area contributed by atoms with E-state index >= 15 is 8.78 Å². The Balaban J connectivity index is 1.60. The van der Waals surface area contributed by atoms with E-state index in [9.17, 15) is 4.39 Å². The molecule has 2 aliphatic rings. The van der Waals surface area contributed by atoms with Crippen LogP contribution in [0.4, 0.5) is 13.2 Å². The summed E-state index contributed by atoms with van der Waals surface area (Å²) in [7, 11) is 0. The average molecular weight is 417 g/mol. The highest BCUT2D eigenvalue weighted by atomic mass is 19.1. The second-order valence-electron chi connectivity index (χ2n) is 9.19. The lowest BCUT2D eigenvalue weighted by atomic mass is 9.63. The summed E-state index contributed by atoms with van der Waals surface area (Å²) >= 11 is 0. The van der Waals surface area contributed by atoms with Gasteiger partial charge in [0.15, 0.2) is 0 Å². The van der Waals surface area contributed by atoms with Crippen LogP contribution < -0.4 is 4.74 Å². The molecule has 2 unspecified atom stereocenters. The number of fused-ring (bicyclic) bond motifs is 2. The summed E-state index contributed by atoms with van der Waals surface area (Å²) in [6, 6.07) is 3.92. The van der Waals surface area contributed by atoms with Crippen molar-refractivity contribution in [1.29, 1.82) is 0 Å². The molecule has 0 aliphatic heterocycles. The van der Waals surface area contributed by atoms with Crippen LogP contribution in [-0.4, -0.2) is 6.61 Å². The largest absolute Gasteiger partial charge is 0.489 e. The molecule has 4 rings (SSSR count). The third-order valence-electron chi connectivity index (χ3n) is 7.28. The van der Waals surface area contributed by atoms with Crippen LogP contribution >= 0.6 is 0 Å². The molecule has 2 aromatic carbocycles. The predicted octanol–water partition coefficient (Wildman–Crippen LogP) is 7.92. The van der Waals surface area contributed by atoms with Crippen molar-refractivity contribution in [3.63, 3.8) is 0 Å². The van der Waals surface area contributed by atoms with Gasteiger partial charge in [-0.1, -0.05) is 38.8 Å². The normalized spacial score (nSPS) is 26.4. The molecule has 162 valence electrons. The van der Waals surface area contributed by atoms with Crippen molar-refractivity contribution >= 4 is 10.8 Å². The third-order valence-corrected chi connectivity index (χ3v) is 7.28. The Kier molecular flexibility index (Phi) is 6.40. The maximum absolute atomic E-state index is 15.4. The van der Waals surface area contributed by atoms with Crippen LogP contribution in [0.1, 0.15) is 69.8 Å². The molecule has 0 bridgehead atoms. The van der Waals surface area contributed by atoms with Crippen molar-refractivity contribution in [2.24, 2.45) is 17.8 Å². The smallest absolute Gasteiger partial charge is 0.140 e. The van der Waals surface area contributed by atoms with E-state index in [1.807, 2.05) is 0 Å². The van der Waals surface area contributed by atoms with Crippen LogP contribution in [-0.2, 0) is 0 Å². The first-order chi connectivity index (χ1) is 14.5. The molecule has 0 aromatic heterocycles. The van der Waals surface area contributed by atoms with E-state index in [1.54, 1.807) is 6.08 Å². The molecule has 4 heteroatoms. The molecule has 0 saturated heterocycles. The monoisotopic (exact) mass is 416 g/mol. The van der Waals surface area contributed by atoms with Gasteiger partial charge in [-0.25, -0.2) is 13.2 Å². The lowest BCUT2D eigenvalue weighted by Crippen LogP contribution is -2.31. The number of hydrogen-bond acceptors (Lipinski definition) is 1. The van der Waals surface area contributed by atoms with Crippen LogP contribution in [0.15, 0.2) is 30.9 Å². The van der Waals surface area contributed by atoms with Crippen LogP contribution in [0.2, 0.25) is 0 Å². The zero-order valence-electron chi connectivity index (χ0n) is 17.7. The molecule has 0 heterocycles. The molecule has 2 fully saturated rings.